The number of nitrogens with two attached hydrogens (primary N) is 1. The van der Waals surface area contributed by atoms with Gasteiger partial charge in [-0.3, -0.25) is 4.68 Å². The molecule has 0 saturated carbocycles. The van der Waals surface area contributed by atoms with Gasteiger partial charge in [-0.05, 0) is 44.2 Å². The molecule has 4 aromatic rings. The summed E-state index contributed by atoms with van der Waals surface area (Å²) in [6.07, 6.45) is 3.19. The van der Waals surface area contributed by atoms with Crippen LogP contribution in [0.3, 0.4) is 0 Å². The van der Waals surface area contributed by atoms with E-state index in [4.69, 9.17) is 15.6 Å². The summed E-state index contributed by atoms with van der Waals surface area (Å²) in [6.45, 7) is 4.29. The fourth-order valence-corrected chi connectivity index (χ4v) is 4.12. The minimum absolute atomic E-state index is 0.207. The lowest BCUT2D eigenvalue weighted by Gasteiger charge is -2.21. The second kappa shape index (κ2) is 7.50. The molecule has 5 rings (SSSR count). The predicted molar refractivity (Wildman–Crippen MR) is 116 cm³/mol. The molecule has 1 aliphatic heterocycles. The lowest BCUT2D eigenvalue weighted by atomic mass is 10.0. The molecule has 0 amide bonds. The van der Waals surface area contributed by atoms with E-state index in [1.807, 2.05) is 19.9 Å². The van der Waals surface area contributed by atoms with E-state index in [9.17, 15) is 9.65 Å². The number of hydrogen-bond donors (Lipinski definition) is 1. The van der Waals surface area contributed by atoms with Crippen LogP contribution in [0, 0.1) is 17.1 Å². The second-order valence-electron chi connectivity index (χ2n) is 7.58. The molecule has 1 atom stereocenters. The van der Waals surface area contributed by atoms with Gasteiger partial charge >= 0.3 is 0 Å². The molecule has 9 heteroatoms. The molecule has 160 valence electrons. The number of rotatable bonds is 1. The van der Waals surface area contributed by atoms with Gasteiger partial charge in [-0.1, -0.05) is 0 Å². The highest BCUT2D eigenvalue weighted by Crippen LogP contribution is 2.36. The molecule has 8 nitrogen and oxygen atoms in total. The summed E-state index contributed by atoms with van der Waals surface area (Å²) in [5, 5.41) is 19.1. The molecular formula is C23H20FN7O. The minimum atomic E-state index is -0.537. The lowest BCUT2D eigenvalue weighted by Crippen LogP contribution is -2.13. The number of hydrogen-bond acceptors (Lipinski definition) is 6. The van der Waals surface area contributed by atoms with Crippen LogP contribution in [-0.4, -0.2) is 24.5 Å². The molecule has 0 aliphatic carbocycles. The van der Waals surface area contributed by atoms with Gasteiger partial charge in [0.25, 0.3) is 0 Å². The molecule has 4 heterocycles. The zero-order chi connectivity index (χ0) is 22.4. The minimum Gasteiger partial charge on any atom is -0.482 e. The topological polar surface area (TPSA) is 108 Å². The molecule has 0 saturated heterocycles. The number of nitrogens with zero attached hydrogens (tertiary/aromatic N) is 6. The third-order valence-electron chi connectivity index (χ3n) is 5.63. The van der Waals surface area contributed by atoms with Crippen molar-refractivity contribution in [3.8, 4) is 28.6 Å². The fourth-order valence-electron chi connectivity index (χ4n) is 4.12. The number of benzene rings is 1. The number of fused-ring (bicyclic) bond motifs is 7. The third kappa shape index (κ3) is 3.08. The number of ether oxygens (including phenoxy) is 1. The van der Waals surface area contributed by atoms with Crippen LogP contribution in [0.1, 0.15) is 42.6 Å². The number of pyridine rings is 1. The normalized spacial score (nSPS) is 14.8. The first-order valence-electron chi connectivity index (χ1n) is 10.2. The van der Waals surface area contributed by atoms with Crippen molar-refractivity contribution in [2.45, 2.75) is 32.9 Å². The molecule has 1 aromatic carbocycles. The number of nitriles is 1. The average molecular weight is 429 g/mol. The van der Waals surface area contributed by atoms with Gasteiger partial charge in [0.1, 0.15) is 23.7 Å². The first-order valence-corrected chi connectivity index (χ1v) is 10.2. The van der Waals surface area contributed by atoms with E-state index in [0.29, 0.717) is 52.5 Å². The zero-order valence-electron chi connectivity index (χ0n) is 17.6. The Balaban J connectivity index is 1.83. The van der Waals surface area contributed by atoms with E-state index in [0.717, 1.165) is 5.69 Å². The van der Waals surface area contributed by atoms with Crippen molar-refractivity contribution in [2.24, 2.45) is 0 Å². The highest BCUT2D eigenvalue weighted by Gasteiger charge is 2.25. The Morgan fingerprint density at radius 3 is 2.94 bits per heavy atom. The monoisotopic (exact) mass is 429 g/mol. The summed E-state index contributed by atoms with van der Waals surface area (Å²) in [4.78, 5) is 4.30. The SMILES string of the molecule is CCn1nc2c(c1C#N)-c1cnc(N)c(c1)O[C@H](C)c1cc(F)ccc1-n1nccc1C2. The van der Waals surface area contributed by atoms with E-state index in [-0.39, 0.29) is 11.6 Å². The predicted octanol–water partition coefficient (Wildman–Crippen LogP) is 3.79. The van der Waals surface area contributed by atoms with Crippen molar-refractivity contribution in [2.75, 3.05) is 5.73 Å². The van der Waals surface area contributed by atoms with E-state index in [2.05, 4.69) is 16.2 Å². The highest BCUT2D eigenvalue weighted by atomic mass is 19.1. The van der Waals surface area contributed by atoms with Gasteiger partial charge < -0.3 is 10.5 Å². The second-order valence-corrected chi connectivity index (χ2v) is 7.58. The summed E-state index contributed by atoms with van der Waals surface area (Å²) in [5.41, 5.74) is 10.8. The molecule has 2 N–H and O–H groups in total. The van der Waals surface area contributed by atoms with Gasteiger partial charge in [-0.15, -0.1) is 0 Å². The van der Waals surface area contributed by atoms with E-state index < -0.39 is 6.10 Å². The van der Waals surface area contributed by atoms with Crippen molar-refractivity contribution in [3.05, 3.63) is 71.2 Å². The molecule has 0 radical (unpaired) electrons. The number of halogens is 1. The first-order chi connectivity index (χ1) is 15.5. The summed E-state index contributed by atoms with van der Waals surface area (Å²) in [6, 6.07) is 10.4. The summed E-state index contributed by atoms with van der Waals surface area (Å²) in [7, 11) is 0. The largest absolute Gasteiger partial charge is 0.482 e. The third-order valence-corrected chi connectivity index (χ3v) is 5.63. The smallest absolute Gasteiger partial charge is 0.166 e. The molecule has 0 spiro atoms. The Hall–Kier alpha value is -4.19. The Bertz CT molecular complexity index is 1380. The van der Waals surface area contributed by atoms with Gasteiger partial charge in [0.15, 0.2) is 11.6 Å². The number of anilines is 1. The van der Waals surface area contributed by atoms with Gasteiger partial charge in [-0.2, -0.15) is 15.5 Å². The van der Waals surface area contributed by atoms with Crippen molar-refractivity contribution in [3.63, 3.8) is 0 Å². The summed E-state index contributed by atoms with van der Waals surface area (Å²) < 4.78 is 23.8. The Labute approximate surface area is 183 Å². The average Bonchev–Trinajstić information content (AvgIpc) is 3.38. The van der Waals surface area contributed by atoms with Crippen LogP contribution < -0.4 is 10.5 Å². The molecular weight excluding hydrogens is 409 g/mol. The van der Waals surface area contributed by atoms with Crippen molar-refractivity contribution in [1.29, 1.82) is 5.26 Å². The molecule has 1 aliphatic rings. The highest BCUT2D eigenvalue weighted by molar-refractivity contribution is 5.74. The van der Waals surface area contributed by atoms with Gasteiger partial charge in [0.05, 0.1) is 17.1 Å². The van der Waals surface area contributed by atoms with Crippen LogP contribution in [0.25, 0.3) is 16.8 Å². The molecule has 0 fully saturated rings. The summed E-state index contributed by atoms with van der Waals surface area (Å²) in [5.74, 6) is 0.186. The Morgan fingerprint density at radius 1 is 1.31 bits per heavy atom. The maximum absolute atomic E-state index is 14.2. The van der Waals surface area contributed by atoms with Crippen molar-refractivity contribution in [1.82, 2.24) is 24.5 Å². The van der Waals surface area contributed by atoms with E-state index in [1.54, 1.807) is 33.9 Å². The molecule has 32 heavy (non-hydrogen) atoms. The number of aryl methyl sites for hydroxylation is 1. The maximum Gasteiger partial charge on any atom is 0.166 e. The molecule has 2 bridgehead atoms. The van der Waals surface area contributed by atoms with Crippen molar-refractivity contribution >= 4 is 5.82 Å². The van der Waals surface area contributed by atoms with Crippen LogP contribution in [0.2, 0.25) is 0 Å². The van der Waals surface area contributed by atoms with Crippen LogP contribution in [-0.2, 0) is 13.0 Å². The Kier molecular flexibility index (Phi) is 4.63. The van der Waals surface area contributed by atoms with Crippen LogP contribution in [0.4, 0.5) is 10.2 Å². The number of nitrogen functional groups attached to an aromatic ring is 1. The van der Waals surface area contributed by atoms with Gasteiger partial charge in [-0.25, -0.2) is 14.1 Å². The maximum atomic E-state index is 14.2. The standard InChI is InChI=1S/C23H20FN7O/c1-3-30-20(11-25)22-14-8-21(23(26)27-12-14)32-13(2)17-9-15(24)4-5-19(17)31-16(6-7-28-31)10-18(22)29-30/h4-9,12-13H,3,10H2,1-2H3,(H2,26,27)/t13-/m1/s1. The first kappa shape index (κ1) is 19.8. The number of aromatic nitrogens is 5. The van der Waals surface area contributed by atoms with Gasteiger partial charge in [0, 0.05) is 42.0 Å². The Morgan fingerprint density at radius 2 is 2.16 bits per heavy atom. The zero-order valence-corrected chi connectivity index (χ0v) is 17.6. The van der Waals surface area contributed by atoms with Gasteiger partial charge in [0.2, 0.25) is 0 Å². The van der Waals surface area contributed by atoms with Crippen LogP contribution in [0.15, 0.2) is 42.7 Å². The van der Waals surface area contributed by atoms with E-state index in [1.165, 1.54) is 12.1 Å². The van der Waals surface area contributed by atoms with Crippen molar-refractivity contribution < 1.29 is 9.13 Å². The summed E-state index contributed by atoms with van der Waals surface area (Å²) >= 11 is 0. The fraction of sp³-hybridized carbons (Fsp3) is 0.217. The van der Waals surface area contributed by atoms with E-state index >= 15 is 0 Å². The quantitative estimate of drug-likeness (QED) is 0.493. The van der Waals surface area contributed by atoms with Crippen LogP contribution >= 0.6 is 0 Å². The lowest BCUT2D eigenvalue weighted by molar-refractivity contribution is 0.226. The molecule has 0 unspecified atom stereocenters. The van der Waals surface area contributed by atoms with Crippen LogP contribution in [0.5, 0.6) is 5.75 Å². The molecule has 3 aromatic heterocycles.